The minimum atomic E-state index is 0.755. The molecule has 1 heterocycles. The lowest BCUT2D eigenvalue weighted by Crippen LogP contribution is -2.32. The first-order chi connectivity index (χ1) is 8.48. The molecule has 0 amide bonds. The SMILES string of the molecule is CC(C)C1CCCC23CN(C(C)C)CC2(CC1)C3. The van der Waals surface area contributed by atoms with Gasteiger partial charge in [0.2, 0.25) is 0 Å². The zero-order valence-electron chi connectivity index (χ0n) is 12.8. The first-order valence-corrected chi connectivity index (χ1v) is 8.22. The fourth-order valence-electron chi connectivity index (χ4n) is 5.09. The molecule has 0 spiro atoms. The van der Waals surface area contributed by atoms with Crippen molar-refractivity contribution in [3.8, 4) is 0 Å². The van der Waals surface area contributed by atoms with Crippen LogP contribution in [0.25, 0.3) is 0 Å². The van der Waals surface area contributed by atoms with Crippen LogP contribution < -0.4 is 0 Å². The molecule has 2 saturated carbocycles. The van der Waals surface area contributed by atoms with E-state index in [1.807, 2.05) is 0 Å². The van der Waals surface area contributed by atoms with Crippen molar-refractivity contribution in [1.29, 1.82) is 0 Å². The quantitative estimate of drug-likeness (QED) is 0.704. The fourth-order valence-corrected chi connectivity index (χ4v) is 5.09. The summed E-state index contributed by atoms with van der Waals surface area (Å²) in [5, 5.41) is 0. The maximum absolute atomic E-state index is 2.76. The predicted molar refractivity (Wildman–Crippen MR) is 77.6 cm³/mol. The Hall–Kier alpha value is -0.0400. The zero-order valence-corrected chi connectivity index (χ0v) is 12.8. The van der Waals surface area contributed by atoms with Gasteiger partial charge in [0.25, 0.3) is 0 Å². The number of piperidine rings is 1. The van der Waals surface area contributed by atoms with Crippen LogP contribution in [0.1, 0.15) is 66.2 Å². The largest absolute Gasteiger partial charge is 0.300 e. The lowest BCUT2D eigenvalue weighted by atomic mass is 9.77. The summed E-state index contributed by atoms with van der Waals surface area (Å²) in [6.45, 7) is 12.4. The summed E-state index contributed by atoms with van der Waals surface area (Å²) >= 11 is 0. The average molecular weight is 249 g/mol. The summed E-state index contributed by atoms with van der Waals surface area (Å²) in [5.41, 5.74) is 1.52. The van der Waals surface area contributed by atoms with Crippen molar-refractivity contribution < 1.29 is 0 Å². The molecule has 1 saturated heterocycles. The van der Waals surface area contributed by atoms with Crippen molar-refractivity contribution >= 4 is 0 Å². The number of rotatable bonds is 2. The summed E-state index contributed by atoms with van der Waals surface area (Å²) in [7, 11) is 0. The van der Waals surface area contributed by atoms with Crippen molar-refractivity contribution in [3.05, 3.63) is 0 Å². The molecule has 0 aromatic heterocycles. The highest BCUT2D eigenvalue weighted by Gasteiger charge is 2.70. The molecule has 0 radical (unpaired) electrons. The van der Waals surface area contributed by atoms with Gasteiger partial charge in [-0.3, -0.25) is 4.90 Å². The highest BCUT2D eigenvalue weighted by atomic mass is 15.2. The molecular weight excluding hydrogens is 218 g/mol. The summed E-state index contributed by atoms with van der Waals surface area (Å²) in [4.78, 5) is 2.76. The highest BCUT2D eigenvalue weighted by molar-refractivity contribution is 5.21. The van der Waals surface area contributed by atoms with Gasteiger partial charge in [-0.15, -0.1) is 0 Å². The van der Waals surface area contributed by atoms with E-state index in [1.54, 1.807) is 6.42 Å². The van der Waals surface area contributed by atoms with E-state index in [0.29, 0.717) is 0 Å². The third-order valence-electron chi connectivity index (χ3n) is 6.59. The summed E-state index contributed by atoms with van der Waals surface area (Å²) < 4.78 is 0. The highest BCUT2D eigenvalue weighted by Crippen LogP contribution is 2.73. The molecule has 3 fully saturated rings. The van der Waals surface area contributed by atoms with Gasteiger partial charge >= 0.3 is 0 Å². The van der Waals surface area contributed by atoms with Crippen molar-refractivity contribution in [2.24, 2.45) is 22.7 Å². The van der Waals surface area contributed by atoms with Crippen molar-refractivity contribution in [3.63, 3.8) is 0 Å². The lowest BCUT2D eigenvalue weighted by molar-refractivity contribution is 0.216. The van der Waals surface area contributed by atoms with Gasteiger partial charge in [0.1, 0.15) is 0 Å². The maximum atomic E-state index is 2.76. The van der Waals surface area contributed by atoms with Crippen LogP contribution in [0.4, 0.5) is 0 Å². The van der Waals surface area contributed by atoms with E-state index in [4.69, 9.17) is 0 Å². The Morgan fingerprint density at radius 1 is 0.944 bits per heavy atom. The van der Waals surface area contributed by atoms with Crippen LogP contribution in [0.15, 0.2) is 0 Å². The van der Waals surface area contributed by atoms with Gasteiger partial charge in [-0.05, 0) is 62.2 Å². The third kappa shape index (κ3) is 1.85. The molecule has 1 nitrogen and oxygen atoms in total. The van der Waals surface area contributed by atoms with Crippen LogP contribution in [0.3, 0.4) is 0 Å². The second-order valence-electron chi connectivity index (χ2n) is 8.17. The average Bonchev–Trinajstić information content (AvgIpc) is 2.75. The second-order valence-corrected chi connectivity index (χ2v) is 8.17. The molecule has 1 aliphatic heterocycles. The van der Waals surface area contributed by atoms with Gasteiger partial charge in [-0.1, -0.05) is 26.7 Å². The molecule has 3 aliphatic rings. The molecule has 3 atom stereocenters. The molecule has 2 aliphatic carbocycles. The summed E-state index contributed by atoms with van der Waals surface area (Å²) in [5.74, 6) is 1.90. The Bertz CT molecular complexity index is 322. The molecule has 1 heteroatoms. The van der Waals surface area contributed by atoms with Gasteiger partial charge in [-0.25, -0.2) is 0 Å². The van der Waals surface area contributed by atoms with Gasteiger partial charge < -0.3 is 0 Å². The topological polar surface area (TPSA) is 3.24 Å². The summed E-state index contributed by atoms with van der Waals surface area (Å²) in [6, 6.07) is 0.758. The molecular formula is C17H31N. The van der Waals surface area contributed by atoms with E-state index in [1.165, 1.54) is 45.2 Å². The lowest BCUT2D eigenvalue weighted by Gasteiger charge is -2.28. The number of hydrogen-bond donors (Lipinski definition) is 0. The Kier molecular flexibility index (Phi) is 3.05. The number of likely N-dealkylation sites (tertiary alicyclic amines) is 1. The molecule has 0 aromatic carbocycles. The predicted octanol–water partition coefficient (Wildman–Crippen LogP) is 4.32. The number of nitrogens with zero attached hydrogens (tertiary/aromatic N) is 1. The van der Waals surface area contributed by atoms with E-state index in [-0.39, 0.29) is 0 Å². The van der Waals surface area contributed by atoms with Crippen LogP contribution in [0.5, 0.6) is 0 Å². The first-order valence-electron chi connectivity index (χ1n) is 8.22. The Morgan fingerprint density at radius 3 is 2.22 bits per heavy atom. The van der Waals surface area contributed by atoms with Gasteiger partial charge in [0, 0.05) is 19.1 Å². The van der Waals surface area contributed by atoms with Crippen molar-refractivity contribution in [2.75, 3.05) is 13.1 Å². The minimum absolute atomic E-state index is 0.755. The molecule has 0 aromatic rings. The van der Waals surface area contributed by atoms with Gasteiger partial charge in [0.15, 0.2) is 0 Å². The second kappa shape index (κ2) is 4.23. The first kappa shape index (κ1) is 13.0. The van der Waals surface area contributed by atoms with Crippen molar-refractivity contribution in [1.82, 2.24) is 4.90 Å². The molecule has 104 valence electrons. The minimum Gasteiger partial charge on any atom is -0.300 e. The maximum Gasteiger partial charge on any atom is 0.00469 e. The fraction of sp³-hybridized carbons (Fsp3) is 1.00. The van der Waals surface area contributed by atoms with E-state index >= 15 is 0 Å². The standard InChI is InChI=1S/C17H31N/c1-13(2)15-6-5-8-16-10-17(16,9-7-15)12-18(11-16)14(3)4/h13-15H,5-12H2,1-4H3. The Morgan fingerprint density at radius 2 is 1.61 bits per heavy atom. The molecule has 0 bridgehead atoms. The normalized spacial score (nSPS) is 44.7. The van der Waals surface area contributed by atoms with Crippen LogP contribution >= 0.6 is 0 Å². The molecule has 3 unspecified atom stereocenters. The van der Waals surface area contributed by atoms with E-state index in [2.05, 4.69) is 32.6 Å². The van der Waals surface area contributed by atoms with Crippen LogP contribution in [0.2, 0.25) is 0 Å². The Labute approximate surface area is 113 Å². The van der Waals surface area contributed by atoms with E-state index < -0.39 is 0 Å². The summed E-state index contributed by atoms with van der Waals surface area (Å²) in [6.07, 6.45) is 9.12. The van der Waals surface area contributed by atoms with E-state index in [9.17, 15) is 0 Å². The molecule has 0 N–H and O–H groups in total. The molecule has 18 heavy (non-hydrogen) atoms. The zero-order chi connectivity index (χ0) is 13.0. The van der Waals surface area contributed by atoms with Crippen LogP contribution in [0, 0.1) is 22.7 Å². The van der Waals surface area contributed by atoms with Crippen molar-refractivity contribution in [2.45, 2.75) is 72.3 Å². The van der Waals surface area contributed by atoms with Crippen LogP contribution in [-0.2, 0) is 0 Å². The molecule has 3 rings (SSSR count). The smallest absolute Gasteiger partial charge is 0.00469 e. The van der Waals surface area contributed by atoms with Crippen LogP contribution in [-0.4, -0.2) is 24.0 Å². The monoisotopic (exact) mass is 249 g/mol. The van der Waals surface area contributed by atoms with E-state index in [0.717, 1.165) is 28.7 Å². The van der Waals surface area contributed by atoms with Gasteiger partial charge in [-0.2, -0.15) is 0 Å². The number of hydrogen-bond acceptors (Lipinski definition) is 1. The third-order valence-corrected chi connectivity index (χ3v) is 6.59. The Balaban J connectivity index is 1.71. The van der Waals surface area contributed by atoms with Gasteiger partial charge in [0.05, 0.1) is 0 Å².